The van der Waals surface area contributed by atoms with Crippen molar-refractivity contribution in [2.24, 2.45) is 0 Å². The van der Waals surface area contributed by atoms with Gasteiger partial charge in [-0.05, 0) is 49.9 Å². The molecule has 0 amide bonds. The van der Waals surface area contributed by atoms with Crippen LogP contribution in [0.1, 0.15) is 32.6 Å². The van der Waals surface area contributed by atoms with Crippen LogP contribution in [0.15, 0.2) is 24.3 Å². The molecule has 3 heteroatoms. The molecule has 100 valence electrons. The summed E-state index contributed by atoms with van der Waals surface area (Å²) >= 11 is 0. The summed E-state index contributed by atoms with van der Waals surface area (Å²) in [6.45, 7) is 4.67. The lowest BCUT2D eigenvalue weighted by atomic mass is 10.1. The Hall–Kier alpha value is -1.22. The van der Waals surface area contributed by atoms with E-state index in [4.69, 9.17) is 9.47 Å². The first-order valence-electron chi connectivity index (χ1n) is 6.95. The number of ether oxygens (including phenoxy) is 2. The van der Waals surface area contributed by atoms with Crippen LogP contribution in [0.5, 0.6) is 5.75 Å². The van der Waals surface area contributed by atoms with Crippen LogP contribution in [0.2, 0.25) is 0 Å². The standard InChI is InChI=1S/C15H23NO2/c1-2-10-18-15-7-5-14(6-8-15)16-13-4-3-11-17-12-9-13/h5-8,13,16H,2-4,9-12H2,1H3. The van der Waals surface area contributed by atoms with E-state index in [9.17, 15) is 0 Å². The number of benzene rings is 1. The zero-order valence-corrected chi connectivity index (χ0v) is 11.2. The minimum atomic E-state index is 0.537. The molecule has 1 aromatic rings. The fraction of sp³-hybridized carbons (Fsp3) is 0.600. The summed E-state index contributed by atoms with van der Waals surface area (Å²) in [4.78, 5) is 0. The average molecular weight is 249 g/mol. The Morgan fingerprint density at radius 2 is 2.06 bits per heavy atom. The second-order valence-corrected chi connectivity index (χ2v) is 4.76. The lowest BCUT2D eigenvalue weighted by Gasteiger charge is -2.17. The molecule has 1 fully saturated rings. The van der Waals surface area contributed by atoms with Crippen LogP contribution in [-0.2, 0) is 4.74 Å². The van der Waals surface area contributed by atoms with E-state index in [0.717, 1.165) is 44.8 Å². The maximum Gasteiger partial charge on any atom is 0.119 e. The van der Waals surface area contributed by atoms with Crippen molar-refractivity contribution < 1.29 is 9.47 Å². The van der Waals surface area contributed by atoms with E-state index < -0.39 is 0 Å². The second-order valence-electron chi connectivity index (χ2n) is 4.76. The minimum absolute atomic E-state index is 0.537. The second kappa shape index (κ2) is 7.27. The third-order valence-electron chi connectivity index (χ3n) is 3.15. The van der Waals surface area contributed by atoms with Crippen LogP contribution in [0.25, 0.3) is 0 Å². The van der Waals surface area contributed by atoms with Crippen LogP contribution < -0.4 is 10.1 Å². The summed E-state index contributed by atoms with van der Waals surface area (Å²) in [5, 5.41) is 3.57. The van der Waals surface area contributed by atoms with Crippen LogP contribution >= 0.6 is 0 Å². The molecule has 1 atom stereocenters. The smallest absolute Gasteiger partial charge is 0.119 e. The largest absolute Gasteiger partial charge is 0.494 e. The van der Waals surface area contributed by atoms with Gasteiger partial charge in [-0.2, -0.15) is 0 Å². The van der Waals surface area contributed by atoms with Gasteiger partial charge in [0, 0.05) is 24.9 Å². The van der Waals surface area contributed by atoms with E-state index in [1.165, 1.54) is 12.1 Å². The molecule has 1 N–H and O–H groups in total. The molecule has 1 aliphatic rings. The van der Waals surface area contributed by atoms with Crippen molar-refractivity contribution >= 4 is 5.69 Å². The number of hydrogen-bond acceptors (Lipinski definition) is 3. The number of rotatable bonds is 5. The van der Waals surface area contributed by atoms with Crippen LogP contribution in [0.4, 0.5) is 5.69 Å². The minimum Gasteiger partial charge on any atom is -0.494 e. The molecule has 0 aliphatic carbocycles. The van der Waals surface area contributed by atoms with Crippen LogP contribution in [0.3, 0.4) is 0 Å². The average Bonchev–Trinajstić information content (AvgIpc) is 2.67. The molecular formula is C15H23NO2. The molecule has 3 nitrogen and oxygen atoms in total. The van der Waals surface area contributed by atoms with E-state index in [2.05, 4.69) is 24.4 Å². The molecule has 0 spiro atoms. The van der Waals surface area contributed by atoms with E-state index in [-0.39, 0.29) is 0 Å². The molecule has 1 saturated heterocycles. The van der Waals surface area contributed by atoms with Crippen molar-refractivity contribution in [1.29, 1.82) is 0 Å². The molecule has 0 saturated carbocycles. The Bertz CT molecular complexity index is 329. The molecule has 1 heterocycles. The van der Waals surface area contributed by atoms with Gasteiger partial charge in [-0.25, -0.2) is 0 Å². The fourth-order valence-corrected chi connectivity index (χ4v) is 2.15. The van der Waals surface area contributed by atoms with Gasteiger partial charge in [-0.3, -0.25) is 0 Å². The Morgan fingerprint density at radius 1 is 1.22 bits per heavy atom. The summed E-state index contributed by atoms with van der Waals surface area (Å²) in [5.74, 6) is 0.951. The van der Waals surface area contributed by atoms with Crippen molar-refractivity contribution in [3.05, 3.63) is 24.3 Å². The molecule has 1 unspecified atom stereocenters. The highest BCUT2D eigenvalue weighted by Crippen LogP contribution is 2.19. The Kier molecular flexibility index (Phi) is 5.34. The van der Waals surface area contributed by atoms with Crippen molar-refractivity contribution in [3.63, 3.8) is 0 Å². The van der Waals surface area contributed by atoms with Crippen molar-refractivity contribution in [2.45, 2.75) is 38.6 Å². The lowest BCUT2D eigenvalue weighted by Crippen LogP contribution is -2.19. The van der Waals surface area contributed by atoms with Gasteiger partial charge in [-0.15, -0.1) is 0 Å². The van der Waals surface area contributed by atoms with E-state index >= 15 is 0 Å². The lowest BCUT2D eigenvalue weighted by molar-refractivity contribution is 0.144. The molecule has 1 aromatic carbocycles. The predicted molar refractivity (Wildman–Crippen MR) is 74.3 cm³/mol. The summed E-state index contributed by atoms with van der Waals surface area (Å²) in [6, 6.07) is 8.79. The summed E-state index contributed by atoms with van der Waals surface area (Å²) < 4.78 is 11.0. The maximum absolute atomic E-state index is 5.57. The van der Waals surface area contributed by atoms with Gasteiger partial charge >= 0.3 is 0 Å². The van der Waals surface area contributed by atoms with Crippen LogP contribution in [-0.4, -0.2) is 25.9 Å². The molecule has 0 radical (unpaired) electrons. The Morgan fingerprint density at radius 3 is 2.83 bits per heavy atom. The molecule has 0 aromatic heterocycles. The van der Waals surface area contributed by atoms with Gasteiger partial charge < -0.3 is 14.8 Å². The Labute approximate surface area is 109 Å². The molecule has 2 rings (SSSR count). The maximum atomic E-state index is 5.57. The predicted octanol–water partition coefficient (Wildman–Crippen LogP) is 3.46. The molecule has 1 aliphatic heterocycles. The molecule has 18 heavy (non-hydrogen) atoms. The Balaban J connectivity index is 1.84. The van der Waals surface area contributed by atoms with Gasteiger partial charge in [0.15, 0.2) is 0 Å². The van der Waals surface area contributed by atoms with E-state index in [1.807, 2.05) is 12.1 Å². The molecule has 0 bridgehead atoms. The number of nitrogens with one attached hydrogen (secondary N) is 1. The van der Waals surface area contributed by atoms with Gasteiger partial charge in [-0.1, -0.05) is 6.92 Å². The number of anilines is 1. The monoisotopic (exact) mass is 249 g/mol. The van der Waals surface area contributed by atoms with Crippen molar-refractivity contribution in [2.75, 3.05) is 25.1 Å². The van der Waals surface area contributed by atoms with E-state index in [0.29, 0.717) is 6.04 Å². The summed E-state index contributed by atoms with van der Waals surface area (Å²) in [5.41, 5.74) is 1.17. The van der Waals surface area contributed by atoms with Gasteiger partial charge in [0.1, 0.15) is 5.75 Å². The highest BCUT2D eigenvalue weighted by molar-refractivity contribution is 5.47. The third-order valence-corrected chi connectivity index (χ3v) is 3.15. The normalized spacial score (nSPS) is 20.2. The first-order valence-corrected chi connectivity index (χ1v) is 6.95. The van der Waals surface area contributed by atoms with Crippen molar-refractivity contribution in [3.8, 4) is 5.75 Å². The summed E-state index contributed by atoms with van der Waals surface area (Å²) in [7, 11) is 0. The fourth-order valence-electron chi connectivity index (χ4n) is 2.15. The van der Waals surface area contributed by atoms with Crippen LogP contribution in [0, 0.1) is 0 Å². The first kappa shape index (κ1) is 13.2. The summed E-state index contributed by atoms with van der Waals surface area (Å²) in [6.07, 6.45) is 4.47. The topological polar surface area (TPSA) is 30.5 Å². The zero-order valence-electron chi connectivity index (χ0n) is 11.2. The first-order chi connectivity index (χ1) is 8.88. The SMILES string of the molecule is CCCOc1ccc(NC2CCCOCC2)cc1. The van der Waals surface area contributed by atoms with E-state index in [1.54, 1.807) is 0 Å². The quantitative estimate of drug-likeness (QED) is 0.867. The highest BCUT2D eigenvalue weighted by Gasteiger charge is 2.11. The van der Waals surface area contributed by atoms with Gasteiger partial charge in [0.05, 0.1) is 6.61 Å². The van der Waals surface area contributed by atoms with Crippen molar-refractivity contribution in [1.82, 2.24) is 0 Å². The van der Waals surface area contributed by atoms with Gasteiger partial charge in [0.25, 0.3) is 0 Å². The molecular weight excluding hydrogens is 226 g/mol. The third kappa shape index (κ3) is 4.22. The zero-order chi connectivity index (χ0) is 12.6. The number of hydrogen-bond donors (Lipinski definition) is 1. The van der Waals surface area contributed by atoms with Gasteiger partial charge in [0.2, 0.25) is 0 Å². The highest BCUT2D eigenvalue weighted by atomic mass is 16.5.